The topological polar surface area (TPSA) is 55.8 Å². The number of methoxy groups -OCH3 is 1. The lowest BCUT2D eigenvalue weighted by atomic mass is 10.1. The van der Waals surface area contributed by atoms with Gasteiger partial charge in [-0.2, -0.15) is 0 Å². The summed E-state index contributed by atoms with van der Waals surface area (Å²) >= 11 is 4.38. The molecule has 0 aliphatic carbocycles. The highest BCUT2D eigenvalue weighted by Crippen LogP contribution is 2.34. The van der Waals surface area contributed by atoms with Crippen LogP contribution in [0.15, 0.2) is 51.8 Å². The highest BCUT2D eigenvalue weighted by molar-refractivity contribution is 9.10. The molecule has 0 spiro atoms. The van der Waals surface area contributed by atoms with E-state index in [9.17, 15) is 9.59 Å². The largest absolute Gasteiger partial charge is 0.493 e. The third-order valence-corrected chi connectivity index (χ3v) is 5.55. The van der Waals surface area contributed by atoms with Crippen molar-refractivity contribution in [1.82, 2.24) is 4.90 Å². The van der Waals surface area contributed by atoms with Crippen LogP contribution in [-0.4, -0.2) is 29.7 Å². The molecular formula is C21H20BrNO4S. The van der Waals surface area contributed by atoms with Gasteiger partial charge in [-0.1, -0.05) is 41.1 Å². The predicted molar refractivity (Wildman–Crippen MR) is 114 cm³/mol. The van der Waals surface area contributed by atoms with E-state index in [2.05, 4.69) is 15.9 Å². The van der Waals surface area contributed by atoms with E-state index in [1.807, 2.05) is 37.3 Å². The van der Waals surface area contributed by atoms with Crippen LogP contribution < -0.4 is 9.47 Å². The van der Waals surface area contributed by atoms with Crippen molar-refractivity contribution in [2.24, 2.45) is 0 Å². The van der Waals surface area contributed by atoms with Crippen LogP contribution in [0.4, 0.5) is 4.79 Å². The summed E-state index contributed by atoms with van der Waals surface area (Å²) in [5.74, 6) is 0.937. The maximum Gasteiger partial charge on any atom is 0.293 e. The minimum absolute atomic E-state index is 0.223. The Kier molecular flexibility index (Phi) is 6.80. The quantitative estimate of drug-likeness (QED) is 0.510. The smallest absolute Gasteiger partial charge is 0.293 e. The molecule has 0 bridgehead atoms. The summed E-state index contributed by atoms with van der Waals surface area (Å²) in [6.45, 7) is 2.79. The number of rotatable bonds is 7. The standard InChI is InChI=1S/C21H20BrNO4S/c1-3-10-23-20(24)19(28-21(23)25)12-15-6-9-17(18(11-15)26-2)27-13-14-4-7-16(22)8-5-14/h4-9,11-12H,3,10,13H2,1-2H3/b19-12-. The van der Waals surface area contributed by atoms with Gasteiger partial charge in [-0.05, 0) is 59.7 Å². The second-order valence-electron chi connectivity index (χ2n) is 6.16. The maximum atomic E-state index is 12.4. The minimum Gasteiger partial charge on any atom is -0.493 e. The van der Waals surface area contributed by atoms with Gasteiger partial charge in [0.1, 0.15) is 6.61 Å². The molecule has 1 aliphatic heterocycles. The molecule has 0 saturated carbocycles. The van der Waals surface area contributed by atoms with Gasteiger partial charge in [0.2, 0.25) is 0 Å². The molecule has 1 heterocycles. The van der Waals surface area contributed by atoms with Gasteiger partial charge in [0, 0.05) is 11.0 Å². The number of amides is 2. The van der Waals surface area contributed by atoms with E-state index in [4.69, 9.17) is 9.47 Å². The number of nitrogens with zero attached hydrogens (tertiary/aromatic N) is 1. The fourth-order valence-electron chi connectivity index (χ4n) is 2.70. The Bertz CT molecular complexity index is 911. The summed E-state index contributed by atoms with van der Waals surface area (Å²) < 4.78 is 12.3. The molecule has 5 nitrogen and oxygen atoms in total. The Hall–Kier alpha value is -2.25. The first-order chi connectivity index (χ1) is 13.5. The number of carbonyl (C=O) groups excluding carboxylic acids is 2. The Morgan fingerprint density at radius 3 is 2.54 bits per heavy atom. The van der Waals surface area contributed by atoms with Gasteiger partial charge in [-0.3, -0.25) is 14.5 Å². The number of benzene rings is 2. The molecule has 7 heteroatoms. The summed E-state index contributed by atoms with van der Waals surface area (Å²) in [6.07, 6.45) is 2.45. The fourth-order valence-corrected chi connectivity index (χ4v) is 3.83. The summed E-state index contributed by atoms with van der Waals surface area (Å²) in [7, 11) is 1.57. The molecule has 1 saturated heterocycles. The van der Waals surface area contributed by atoms with E-state index < -0.39 is 0 Å². The Balaban J connectivity index is 1.75. The van der Waals surface area contributed by atoms with Crippen molar-refractivity contribution in [3.8, 4) is 11.5 Å². The van der Waals surface area contributed by atoms with Crippen LogP contribution in [-0.2, 0) is 11.4 Å². The van der Waals surface area contributed by atoms with Crippen molar-refractivity contribution >= 4 is 44.9 Å². The monoisotopic (exact) mass is 461 g/mol. The Morgan fingerprint density at radius 1 is 1.11 bits per heavy atom. The number of imide groups is 1. The van der Waals surface area contributed by atoms with Gasteiger partial charge >= 0.3 is 0 Å². The van der Waals surface area contributed by atoms with Gasteiger partial charge in [-0.15, -0.1) is 0 Å². The molecule has 2 amide bonds. The summed E-state index contributed by atoms with van der Waals surface area (Å²) in [4.78, 5) is 26.0. The minimum atomic E-state index is -0.244. The summed E-state index contributed by atoms with van der Waals surface area (Å²) in [6, 6.07) is 13.3. The van der Waals surface area contributed by atoms with Crippen LogP contribution in [0, 0.1) is 0 Å². The second-order valence-corrected chi connectivity index (χ2v) is 8.07. The van der Waals surface area contributed by atoms with Crippen molar-refractivity contribution in [1.29, 1.82) is 0 Å². The zero-order valence-corrected chi connectivity index (χ0v) is 18.0. The van der Waals surface area contributed by atoms with Crippen molar-refractivity contribution in [3.05, 3.63) is 63.0 Å². The predicted octanol–water partition coefficient (Wildman–Crippen LogP) is 5.48. The first-order valence-electron chi connectivity index (χ1n) is 8.82. The van der Waals surface area contributed by atoms with Crippen molar-refractivity contribution in [3.63, 3.8) is 0 Å². The molecular weight excluding hydrogens is 442 g/mol. The molecule has 2 aromatic carbocycles. The van der Waals surface area contributed by atoms with Gasteiger partial charge in [-0.25, -0.2) is 0 Å². The lowest BCUT2D eigenvalue weighted by Gasteiger charge is -2.12. The third kappa shape index (κ3) is 4.77. The number of ether oxygens (including phenoxy) is 2. The van der Waals surface area contributed by atoms with Crippen LogP contribution >= 0.6 is 27.7 Å². The molecule has 28 heavy (non-hydrogen) atoms. The molecule has 0 radical (unpaired) electrons. The number of hydrogen-bond donors (Lipinski definition) is 0. The molecule has 0 N–H and O–H groups in total. The molecule has 3 rings (SSSR count). The lowest BCUT2D eigenvalue weighted by molar-refractivity contribution is -0.122. The zero-order chi connectivity index (χ0) is 20.1. The fraction of sp³-hybridized carbons (Fsp3) is 0.238. The van der Waals surface area contributed by atoms with Crippen molar-refractivity contribution in [2.75, 3.05) is 13.7 Å². The van der Waals surface area contributed by atoms with Crippen LogP contribution in [0.25, 0.3) is 6.08 Å². The lowest BCUT2D eigenvalue weighted by Crippen LogP contribution is -2.28. The maximum absolute atomic E-state index is 12.4. The average Bonchev–Trinajstić information content (AvgIpc) is 2.96. The van der Waals surface area contributed by atoms with Crippen LogP contribution in [0.1, 0.15) is 24.5 Å². The molecule has 0 aromatic heterocycles. The highest BCUT2D eigenvalue weighted by atomic mass is 79.9. The molecule has 146 valence electrons. The van der Waals surface area contributed by atoms with Crippen molar-refractivity contribution in [2.45, 2.75) is 20.0 Å². The van der Waals surface area contributed by atoms with E-state index in [1.54, 1.807) is 25.3 Å². The summed E-state index contributed by atoms with van der Waals surface area (Å²) in [5, 5.41) is -0.223. The van der Waals surface area contributed by atoms with Crippen LogP contribution in [0.5, 0.6) is 11.5 Å². The number of carbonyl (C=O) groups is 2. The van der Waals surface area contributed by atoms with Crippen LogP contribution in [0.3, 0.4) is 0 Å². The second kappa shape index (κ2) is 9.30. The number of thioether (sulfide) groups is 1. The van der Waals surface area contributed by atoms with E-state index in [0.717, 1.165) is 33.8 Å². The average molecular weight is 462 g/mol. The first kappa shape index (κ1) is 20.5. The van der Waals surface area contributed by atoms with Crippen molar-refractivity contribution < 1.29 is 19.1 Å². The normalized spacial score (nSPS) is 15.4. The zero-order valence-electron chi connectivity index (χ0n) is 15.6. The molecule has 1 fully saturated rings. The number of hydrogen-bond acceptors (Lipinski definition) is 5. The van der Waals surface area contributed by atoms with E-state index in [1.165, 1.54) is 4.90 Å². The first-order valence-corrected chi connectivity index (χ1v) is 10.4. The Labute approximate surface area is 176 Å². The van der Waals surface area contributed by atoms with Gasteiger partial charge in [0.15, 0.2) is 11.5 Å². The van der Waals surface area contributed by atoms with E-state index >= 15 is 0 Å². The van der Waals surface area contributed by atoms with E-state index in [0.29, 0.717) is 29.6 Å². The van der Waals surface area contributed by atoms with Gasteiger partial charge in [0.25, 0.3) is 11.1 Å². The van der Waals surface area contributed by atoms with Gasteiger partial charge < -0.3 is 9.47 Å². The van der Waals surface area contributed by atoms with E-state index in [-0.39, 0.29) is 11.1 Å². The molecule has 0 unspecified atom stereocenters. The SMILES string of the molecule is CCCN1C(=O)S/C(=C\c2ccc(OCc3ccc(Br)cc3)c(OC)c2)C1=O. The Morgan fingerprint density at radius 2 is 1.86 bits per heavy atom. The molecule has 2 aromatic rings. The molecule has 0 atom stereocenters. The summed E-state index contributed by atoms with van der Waals surface area (Å²) in [5.41, 5.74) is 1.81. The van der Waals surface area contributed by atoms with Crippen LogP contribution in [0.2, 0.25) is 0 Å². The third-order valence-electron chi connectivity index (χ3n) is 4.11. The molecule has 1 aliphatic rings. The van der Waals surface area contributed by atoms with Gasteiger partial charge in [0.05, 0.1) is 12.0 Å². The highest BCUT2D eigenvalue weighted by Gasteiger charge is 2.34. The number of halogens is 1.